The number of benzene rings is 3. The van der Waals surface area contributed by atoms with E-state index in [-0.39, 0.29) is 28.8 Å². The molecule has 0 bridgehead atoms. The molecule has 0 aliphatic carbocycles. The third-order valence-electron chi connectivity index (χ3n) is 6.56. The first kappa shape index (κ1) is 31.3. The molecule has 0 aromatic heterocycles. The van der Waals surface area contributed by atoms with Crippen LogP contribution in [0.5, 0.6) is 17.2 Å². The van der Waals surface area contributed by atoms with E-state index in [1.807, 2.05) is 6.92 Å². The van der Waals surface area contributed by atoms with Gasteiger partial charge in [0.2, 0.25) is 0 Å². The normalized spacial score (nSPS) is 13.4. The van der Waals surface area contributed by atoms with Gasteiger partial charge in [-0.15, -0.1) is 0 Å². The Kier molecular flexibility index (Phi) is 10.6. The number of methoxy groups -OCH3 is 2. The summed E-state index contributed by atoms with van der Waals surface area (Å²) < 4.78 is 49.9. The molecule has 1 heterocycles. The maximum atomic E-state index is 13.7. The number of hydrogen-bond acceptors (Lipinski definition) is 9. The SMILES string of the molecule is COc1ccc(OC)c(N(CC(=O)N/N=C\c2ccc(OCC(=O)N3CCOCC3)cc2)S(=O)(=O)c2ccc(C)cc2)c1. The number of ether oxygens (including phenoxy) is 4. The molecule has 1 aliphatic rings. The maximum absolute atomic E-state index is 13.7. The summed E-state index contributed by atoms with van der Waals surface area (Å²) in [7, 11) is -1.33. The van der Waals surface area contributed by atoms with Gasteiger partial charge in [-0.2, -0.15) is 5.10 Å². The number of aryl methyl sites for hydroxylation is 1. The molecule has 3 aromatic rings. The van der Waals surface area contributed by atoms with E-state index in [0.29, 0.717) is 43.4 Å². The van der Waals surface area contributed by atoms with E-state index in [2.05, 4.69) is 10.5 Å². The molecule has 1 N–H and O–H groups in total. The number of amides is 2. The van der Waals surface area contributed by atoms with Crippen molar-refractivity contribution in [3.05, 3.63) is 77.9 Å². The van der Waals surface area contributed by atoms with Crippen molar-refractivity contribution in [2.24, 2.45) is 5.10 Å². The van der Waals surface area contributed by atoms with Crippen LogP contribution >= 0.6 is 0 Å². The highest BCUT2D eigenvalue weighted by Gasteiger charge is 2.30. The van der Waals surface area contributed by atoms with Crippen molar-refractivity contribution >= 4 is 33.7 Å². The molecule has 228 valence electrons. The van der Waals surface area contributed by atoms with Crippen LogP contribution in [0, 0.1) is 6.92 Å². The minimum absolute atomic E-state index is 0.00762. The lowest BCUT2D eigenvalue weighted by Gasteiger charge is -2.26. The number of nitrogens with zero attached hydrogens (tertiary/aromatic N) is 3. The number of nitrogens with one attached hydrogen (secondary N) is 1. The van der Waals surface area contributed by atoms with Crippen LogP contribution in [0.2, 0.25) is 0 Å². The van der Waals surface area contributed by atoms with Crippen molar-refractivity contribution in [2.75, 3.05) is 58.0 Å². The lowest BCUT2D eigenvalue weighted by atomic mass is 10.2. The number of anilines is 1. The lowest BCUT2D eigenvalue weighted by molar-refractivity contribution is -0.137. The fourth-order valence-electron chi connectivity index (χ4n) is 4.17. The average Bonchev–Trinajstić information content (AvgIpc) is 3.03. The summed E-state index contributed by atoms with van der Waals surface area (Å²) in [5.74, 6) is 0.338. The molecule has 0 saturated carbocycles. The number of hydrogen-bond donors (Lipinski definition) is 1. The van der Waals surface area contributed by atoms with Gasteiger partial charge in [-0.05, 0) is 61.0 Å². The summed E-state index contributed by atoms with van der Waals surface area (Å²) in [6.07, 6.45) is 1.41. The first-order chi connectivity index (χ1) is 20.7. The van der Waals surface area contributed by atoms with Crippen molar-refractivity contribution in [1.29, 1.82) is 0 Å². The Hall–Kier alpha value is -4.62. The predicted molar refractivity (Wildman–Crippen MR) is 160 cm³/mol. The molecular formula is C30H34N4O8S. The summed E-state index contributed by atoms with van der Waals surface area (Å²) in [6.45, 7) is 3.32. The van der Waals surface area contributed by atoms with Crippen LogP contribution in [0.25, 0.3) is 0 Å². The van der Waals surface area contributed by atoms with Crippen molar-refractivity contribution in [1.82, 2.24) is 10.3 Å². The van der Waals surface area contributed by atoms with Gasteiger partial charge in [0.15, 0.2) is 6.61 Å². The van der Waals surface area contributed by atoms with Gasteiger partial charge in [0.1, 0.15) is 23.8 Å². The minimum atomic E-state index is -4.19. The van der Waals surface area contributed by atoms with Crippen LogP contribution in [0.1, 0.15) is 11.1 Å². The molecule has 0 radical (unpaired) electrons. The summed E-state index contributed by atoms with van der Waals surface area (Å²) in [5.41, 5.74) is 4.04. The fraction of sp³-hybridized carbons (Fsp3) is 0.300. The Labute approximate surface area is 250 Å². The van der Waals surface area contributed by atoms with E-state index in [4.69, 9.17) is 18.9 Å². The molecule has 1 aliphatic heterocycles. The Morgan fingerprint density at radius 2 is 1.65 bits per heavy atom. The zero-order valence-corrected chi connectivity index (χ0v) is 25.0. The standard InChI is InChI=1S/C30H34N4O8S/c1-22-4-11-26(12-5-22)43(37,38)34(27-18-25(39-2)10-13-28(27)40-3)20-29(35)32-31-19-23-6-8-24(9-7-23)42-21-30(36)33-14-16-41-17-15-33/h4-13,18-19H,14-17,20-21H2,1-3H3,(H,32,35)/b31-19-. The largest absolute Gasteiger partial charge is 0.497 e. The molecule has 3 aromatic carbocycles. The maximum Gasteiger partial charge on any atom is 0.264 e. The van der Waals surface area contributed by atoms with Crippen molar-refractivity contribution in [3.8, 4) is 17.2 Å². The molecule has 0 atom stereocenters. The quantitative estimate of drug-likeness (QED) is 0.244. The van der Waals surface area contributed by atoms with Gasteiger partial charge in [-0.3, -0.25) is 13.9 Å². The topological polar surface area (TPSA) is 136 Å². The van der Waals surface area contributed by atoms with Crippen molar-refractivity contribution in [3.63, 3.8) is 0 Å². The highest BCUT2D eigenvalue weighted by atomic mass is 32.2. The van der Waals surface area contributed by atoms with Crippen LogP contribution in [-0.2, 0) is 24.3 Å². The Morgan fingerprint density at radius 3 is 2.30 bits per heavy atom. The minimum Gasteiger partial charge on any atom is -0.497 e. The zero-order chi connectivity index (χ0) is 30.8. The van der Waals surface area contributed by atoms with E-state index in [0.717, 1.165) is 9.87 Å². The number of rotatable bonds is 12. The predicted octanol–water partition coefficient (Wildman–Crippen LogP) is 2.60. The van der Waals surface area contributed by atoms with E-state index in [1.165, 1.54) is 38.6 Å². The number of carbonyl (C=O) groups excluding carboxylic acids is 2. The molecule has 1 saturated heterocycles. The number of sulfonamides is 1. The molecule has 0 unspecified atom stereocenters. The molecule has 12 nitrogen and oxygen atoms in total. The van der Waals surface area contributed by atoms with Gasteiger partial charge < -0.3 is 23.8 Å². The first-order valence-electron chi connectivity index (χ1n) is 13.4. The van der Waals surface area contributed by atoms with Crippen LogP contribution in [-0.4, -0.2) is 85.0 Å². The number of hydrazone groups is 1. The van der Waals surface area contributed by atoms with Gasteiger partial charge in [-0.1, -0.05) is 17.7 Å². The van der Waals surface area contributed by atoms with Crippen LogP contribution in [0.15, 0.2) is 76.7 Å². The Bertz CT molecular complexity index is 1540. The summed E-state index contributed by atoms with van der Waals surface area (Å²) in [6, 6.07) is 17.8. The second-order valence-corrected chi connectivity index (χ2v) is 11.4. The Balaban J connectivity index is 1.43. The number of carbonyl (C=O) groups is 2. The third-order valence-corrected chi connectivity index (χ3v) is 8.33. The molecule has 13 heteroatoms. The van der Waals surface area contributed by atoms with Crippen LogP contribution in [0.3, 0.4) is 0 Å². The molecule has 1 fully saturated rings. The number of morpholine rings is 1. The van der Waals surface area contributed by atoms with Gasteiger partial charge in [-0.25, -0.2) is 13.8 Å². The van der Waals surface area contributed by atoms with Crippen molar-refractivity contribution < 1.29 is 37.0 Å². The zero-order valence-electron chi connectivity index (χ0n) is 24.2. The lowest BCUT2D eigenvalue weighted by Crippen LogP contribution is -2.42. The highest BCUT2D eigenvalue weighted by Crippen LogP contribution is 2.35. The fourth-order valence-corrected chi connectivity index (χ4v) is 5.60. The molecule has 43 heavy (non-hydrogen) atoms. The summed E-state index contributed by atoms with van der Waals surface area (Å²) in [4.78, 5) is 26.9. The summed E-state index contributed by atoms with van der Waals surface area (Å²) in [5, 5.41) is 3.98. The van der Waals surface area contributed by atoms with E-state index < -0.39 is 22.5 Å². The van der Waals surface area contributed by atoms with Crippen LogP contribution < -0.4 is 23.9 Å². The molecular weight excluding hydrogens is 576 g/mol. The molecule has 0 spiro atoms. The van der Waals surface area contributed by atoms with Gasteiger partial charge in [0.05, 0.1) is 44.2 Å². The summed E-state index contributed by atoms with van der Waals surface area (Å²) >= 11 is 0. The van der Waals surface area contributed by atoms with E-state index in [1.54, 1.807) is 53.4 Å². The second kappa shape index (κ2) is 14.5. The van der Waals surface area contributed by atoms with Crippen LogP contribution in [0.4, 0.5) is 5.69 Å². The van der Waals surface area contributed by atoms with E-state index in [9.17, 15) is 18.0 Å². The molecule has 4 rings (SSSR count). The van der Waals surface area contributed by atoms with Gasteiger partial charge in [0, 0.05) is 19.2 Å². The van der Waals surface area contributed by atoms with Crippen molar-refractivity contribution in [2.45, 2.75) is 11.8 Å². The second-order valence-electron chi connectivity index (χ2n) is 9.51. The smallest absolute Gasteiger partial charge is 0.264 e. The van der Waals surface area contributed by atoms with E-state index >= 15 is 0 Å². The Morgan fingerprint density at radius 1 is 0.977 bits per heavy atom. The first-order valence-corrected chi connectivity index (χ1v) is 14.9. The molecule has 2 amide bonds. The van der Waals surface area contributed by atoms with Gasteiger partial charge in [0.25, 0.3) is 21.8 Å². The highest BCUT2D eigenvalue weighted by molar-refractivity contribution is 7.92. The monoisotopic (exact) mass is 610 g/mol. The van der Waals surface area contributed by atoms with Gasteiger partial charge >= 0.3 is 0 Å². The average molecular weight is 611 g/mol. The third kappa shape index (κ3) is 8.23.